The SMILES string of the molecule is CCOC(=O)CN1C[C@@H](C)N[C@H](C)C1. The van der Waals surface area contributed by atoms with Crippen LogP contribution < -0.4 is 5.32 Å². The molecular weight excluding hydrogens is 180 g/mol. The molecule has 0 spiro atoms. The average Bonchev–Trinajstić information content (AvgIpc) is 2.01. The fraction of sp³-hybridized carbons (Fsp3) is 0.900. The van der Waals surface area contributed by atoms with Gasteiger partial charge in [-0.3, -0.25) is 9.69 Å². The van der Waals surface area contributed by atoms with E-state index in [9.17, 15) is 4.79 Å². The lowest BCUT2D eigenvalue weighted by Crippen LogP contribution is -2.55. The maximum atomic E-state index is 11.2. The standard InChI is InChI=1S/C10H20N2O2/c1-4-14-10(13)7-12-5-8(2)11-9(3)6-12/h8-9,11H,4-7H2,1-3H3/t8-,9-/m1/s1. The van der Waals surface area contributed by atoms with Crippen molar-refractivity contribution in [3.63, 3.8) is 0 Å². The lowest BCUT2D eigenvalue weighted by molar-refractivity contribution is -0.144. The number of hydrogen-bond donors (Lipinski definition) is 1. The van der Waals surface area contributed by atoms with E-state index in [0.717, 1.165) is 13.1 Å². The third kappa shape index (κ3) is 3.64. The summed E-state index contributed by atoms with van der Waals surface area (Å²) in [7, 11) is 0. The molecule has 1 heterocycles. The largest absolute Gasteiger partial charge is 0.465 e. The molecule has 1 rings (SSSR count). The van der Waals surface area contributed by atoms with Crippen LogP contribution in [0.2, 0.25) is 0 Å². The minimum Gasteiger partial charge on any atom is -0.465 e. The van der Waals surface area contributed by atoms with E-state index in [1.54, 1.807) is 0 Å². The van der Waals surface area contributed by atoms with Gasteiger partial charge in [-0.15, -0.1) is 0 Å². The second kappa shape index (κ2) is 5.32. The van der Waals surface area contributed by atoms with Crippen LogP contribution >= 0.6 is 0 Å². The van der Waals surface area contributed by atoms with Crippen molar-refractivity contribution in [3.8, 4) is 0 Å². The van der Waals surface area contributed by atoms with E-state index in [2.05, 4.69) is 24.1 Å². The van der Waals surface area contributed by atoms with E-state index in [1.165, 1.54) is 0 Å². The highest BCUT2D eigenvalue weighted by Gasteiger charge is 2.22. The summed E-state index contributed by atoms with van der Waals surface area (Å²) in [5, 5.41) is 3.42. The van der Waals surface area contributed by atoms with Gasteiger partial charge in [-0.25, -0.2) is 0 Å². The van der Waals surface area contributed by atoms with Crippen LogP contribution in [-0.2, 0) is 9.53 Å². The van der Waals surface area contributed by atoms with Crippen molar-refractivity contribution in [1.29, 1.82) is 0 Å². The fourth-order valence-corrected chi connectivity index (χ4v) is 1.96. The molecule has 4 heteroatoms. The van der Waals surface area contributed by atoms with Crippen molar-refractivity contribution in [1.82, 2.24) is 10.2 Å². The Bertz CT molecular complexity index is 187. The zero-order valence-corrected chi connectivity index (χ0v) is 9.25. The molecule has 1 N–H and O–H groups in total. The molecule has 14 heavy (non-hydrogen) atoms. The Morgan fingerprint density at radius 3 is 2.50 bits per heavy atom. The average molecular weight is 200 g/mol. The van der Waals surface area contributed by atoms with Crippen LogP contribution in [0.25, 0.3) is 0 Å². The zero-order valence-electron chi connectivity index (χ0n) is 9.25. The van der Waals surface area contributed by atoms with Crippen LogP contribution in [0.5, 0.6) is 0 Å². The van der Waals surface area contributed by atoms with Crippen molar-refractivity contribution < 1.29 is 9.53 Å². The van der Waals surface area contributed by atoms with E-state index in [0.29, 0.717) is 25.2 Å². The van der Waals surface area contributed by atoms with E-state index in [1.807, 2.05) is 6.92 Å². The summed E-state index contributed by atoms with van der Waals surface area (Å²) in [5.41, 5.74) is 0. The molecule has 0 unspecified atom stereocenters. The maximum Gasteiger partial charge on any atom is 0.320 e. The summed E-state index contributed by atoms with van der Waals surface area (Å²) in [6.07, 6.45) is 0. The fourth-order valence-electron chi connectivity index (χ4n) is 1.96. The third-order valence-corrected chi connectivity index (χ3v) is 2.29. The zero-order chi connectivity index (χ0) is 10.6. The molecule has 0 aromatic carbocycles. The Hall–Kier alpha value is -0.610. The molecular formula is C10H20N2O2. The Kier molecular flexibility index (Phi) is 4.35. The van der Waals surface area contributed by atoms with Gasteiger partial charge in [0.15, 0.2) is 0 Å². The molecule has 2 atom stereocenters. The number of piperazine rings is 1. The number of nitrogens with one attached hydrogen (secondary N) is 1. The van der Waals surface area contributed by atoms with Gasteiger partial charge in [-0.2, -0.15) is 0 Å². The minimum absolute atomic E-state index is 0.117. The third-order valence-electron chi connectivity index (χ3n) is 2.29. The highest BCUT2D eigenvalue weighted by molar-refractivity contribution is 5.71. The molecule has 0 radical (unpaired) electrons. The van der Waals surface area contributed by atoms with Crippen molar-refractivity contribution in [3.05, 3.63) is 0 Å². The molecule has 0 bridgehead atoms. The minimum atomic E-state index is -0.117. The van der Waals surface area contributed by atoms with E-state index in [-0.39, 0.29) is 5.97 Å². The summed E-state index contributed by atoms with van der Waals surface area (Å²) >= 11 is 0. The Morgan fingerprint density at radius 1 is 1.43 bits per heavy atom. The molecule has 0 aliphatic carbocycles. The van der Waals surface area contributed by atoms with Gasteiger partial charge in [-0.05, 0) is 20.8 Å². The van der Waals surface area contributed by atoms with Gasteiger partial charge in [0, 0.05) is 25.2 Å². The first kappa shape index (κ1) is 11.5. The summed E-state index contributed by atoms with van der Waals surface area (Å²) in [6.45, 7) is 8.83. The molecule has 1 fully saturated rings. The predicted molar refractivity (Wildman–Crippen MR) is 55.1 cm³/mol. The second-order valence-electron chi connectivity index (χ2n) is 3.97. The predicted octanol–water partition coefficient (Wildman–Crippen LogP) is 0.232. The van der Waals surface area contributed by atoms with Crippen LogP contribution in [0.4, 0.5) is 0 Å². The van der Waals surface area contributed by atoms with E-state index in [4.69, 9.17) is 4.74 Å². The van der Waals surface area contributed by atoms with Gasteiger partial charge in [0.05, 0.1) is 13.2 Å². The van der Waals surface area contributed by atoms with Crippen molar-refractivity contribution >= 4 is 5.97 Å². The van der Waals surface area contributed by atoms with Crippen molar-refractivity contribution in [2.75, 3.05) is 26.2 Å². The van der Waals surface area contributed by atoms with Crippen molar-refractivity contribution in [2.24, 2.45) is 0 Å². The molecule has 1 aliphatic rings. The number of carbonyl (C=O) groups is 1. The molecule has 0 aromatic heterocycles. The lowest BCUT2D eigenvalue weighted by Gasteiger charge is -2.35. The molecule has 0 saturated carbocycles. The van der Waals surface area contributed by atoms with Crippen LogP contribution in [0, 0.1) is 0 Å². The van der Waals surface area contributed by atoms with Gasteiger partial charge in [-0.1, -0.05) is 0 Å². The van der Waals surface area contributed by atoms with Gasteiger partial charge in [0.2, 0.25) is 0 Å². The molecule has 0 amide bonds. The molecule has 82 valence electrons. The first-order valence-corrected chi connectivity index (χ1v) is 5.25. The van der Waals surface area contributed by atoms with Crippen LogP contribution in [-0.4, -0.2) is 49.2 Å². The number of esters is 1. The maximum absolute atomic E-state index is 11.2. The number of carbonyl (C=O) groups excluding carboxylic acids is 1. The Labute approximate surface area is 85.6 Å². The van der Waals surface area contributed by atoms with Crippen LogP contribution in [0.15, 0.2) is 0 Å². The van der Waals surface area contributed by atoms with Crippen LogP contribution in [0.1, 0.15) is 20.8 Å². The highest BCUT2D eigenvalue weighted by atomic mass is 16.5. The second-order valence-corrected chi connectivity index (χ2v) is 3.97. The Balaban J connectivity index is 2.33. The lowest BCUT2D eigenvalue weighted by atomic mass is 10.1. The number of rotatable bonds is 3. The first-order chi connectivity index (χ1) is 6.61. The molecule has 0 aromatic rings. The molecule has 4 nitrogen and oxygen atoms in total. The van der Waals surface area contributed by atoms with E-state index < -0.39 is 0 Å². The van der Waals surface area contributed by atoms with E-state index >= 15 is 0 Å². The monoisotopic (exact) mass is 200 g/mol. The Morgan fingerprint density at radius 2 is 2.00 bits per heavy atom. The molecule has 1 aliphatic heterocycles. The first-order valence-electron chi connectivity index (χ1n) is 5.25. The molecule has 1 saturated heterocycles. The summed E-state index contributed by atoms with van der Waals surface area (Å²) < 4.78 is 4.91. The normalized spacial score (nSPS) is 28.8. The quantitative estimate of drug-likeness (QED) is 0.662. The highest BCUT2D eigenvalue weighted by Crippen LogP contribution is 2.03. The van der Waals surface area contributed by atoms with Crippen molar-refractivity contribution in [2.45, 2.75) is 32.9 Å². The number of hydrogen-bond acceptors (Lipinski definition) is 4. The smallest absolute Gasteiger partial charge is 0.320 e. The van der Waals surface area contributed by atoms with Gasteiger partial charge < -0.3 is 10.1 Å². The number of nitrogens with zero attached hydrogens (tertiary/aromatic N) is 1. The summed E-state index contributed by atoms with van der Waals surface area (Å²) in [5.74, 6) is -0.117. The van der Waals surface area contributed by atoms with Gasteiger partial charge in [0.25, 0.3) is 0 Å². The summed E-state index contributed by atoms with van der Waals surface area (Å²) in [4.78, 5) is 13.4. The van der Waals surface area contributed by atoms with Crippen LogP contribution in [0.3, 0.4) is 0 Å². The number of ether oxygens (including phenoxy) is 1. The van der Waals surface area contributed by atoms with Gasteiger partial charge >= 0.3 is 5.97 Å². The summed E-state index contributed by atoms with van der Waals surface area (Å²) in [6, 6.07) is 0.904. The van der Waals surface area contributed by atoms with Gasteiger partial charge in [0.1, 0.15) is 0 Å². The topological polar surface area (TPSA) is 41.6 Å².